The van der Waals surface area contributed by atoms with Gasteiger partial charge in [0.05, 0.1) is 17.3 Å². The molecule has 5 rings (SSSR count). The highest BCUT2D eigenvalue weighted by Gasteiger charge is 2.43. The van der Waals surface area contributed by atoms with Crippen LogP contribution in [0.2, 0.25) is 0 Å². The summed E-state index contributed by atoms with van der Waals surface area (Å²) in [6.07, 6.45) is -1.94. The fourth-order valence-electron chi connectivity index (χ4n) is 6.78. The van der Waals surface area contributed by atoms with Crippen molar-refractivity contribution in [3.63, 3.8) is 0 Å². The molecule has 2 aliphatic rings. The molecular formula is C33H38F6N6O4. The molecule has 16 heteroatoms. The van der Waals surface area contributed by atoms with E-state index in [9.17, 15) is 35.9 Å². The minimum Gasteiger partial charge on any atom is -0.481 e. The maximum absolute atomic E-state index is 13.8. The first kappa shape index (κ1) is 35.9. The van der Waals surface area contributed by atoms with Crippen molar-refractivity contribution in [3.05, 3.63) is 59.7 Å². The Bertz CT molecular complexity index is 1580. The number of aryl methyl sites for hydroxylation is 1. The lowest BCUT2D eigenvalue weighted by molar-refractivity contribution is -0.143. The molecule has 3 atom stereocenters. The standard InChI is InChI=1S/C33H38F6N6O4/c1-4-25-12-27(13-26(5-2)45(25)31(48)49-28-8-19(9-28)10-29(46)47)44(30-40-14-21(15-41-30)22-16-42-43(3)18-22)17-20-6-23(32(34,35)36)11-24(7-20)33(37,38)39/h6-7,11,14-16,18-19,25-28H,4-5,8-10,12-13,17H2,1-3H3,(H,46,47)/t19?,25-,26+,27?,28?. The van der Waals surface area contributed by atoms with Gasteiger partial charge in [-0.2, -0.15) is 31.4 Å². The van der Waals surface area contributed by atoms with Crippen LogP contribution < -0.4 is 4.90 Å². The van der Waals surface area contributed by atoms with Crippen LogP contribution in [-0.2, 0) is 35.5 Å². The monoisotopic (exact) mass is 696 g/mol. The third-order valence-corrected chi connectivity index (χ3v) is 9.33. The SMILES string of the molecule is CC[C@@H]1CC(N(Cc2cc(C(F)(F)F)cc(C(F)(F)F)c2)c2ncc(-c3cnn(C)c3)cn2)C[C@H](CC)N1C(=O)OC1CC(CC(=O)O)C1. The lowest BCUT2D eigenvalue weighted by Crippen LogP contribution is -2.57. The summed E-state index contributed by atoms with van der Waals surface area (Å²) in [6.45, 7) is 3.42. The number of hydrogen-bond acceptors (Lipinski definition) is 7. The number of amides is 1. The second-order valence-electron chi connectivity index (χ2n) is 12.8. The summed E-state index contributed by atoms with van der Waals surface area (Å²) < 4.78 is 90.0. The van der Waals surface area contributed by atoms with E-state index in [1.54, 1.807) is 33.9 Å². The van der Waals surface area contributed by atoms with Crippen LogP contribution in [0.25, 0.3) is 11.1 Å². The average molecular weight is 697 g/mol. The molecule has 1 aromatic carbocycles. The highest BCUT2D eigenvalue weighted by Crippen LogP contribution is 2.39. The van der Waals surface area contributed by atoms with E-state index in [4.69, 9.17) is 9.84 Å². The van der Waals surface area contributed by atoms with E-state index in [-0.39, 0.29) is 48.5 Å². The van der Waals surface area contributed by atoms with Crippen molar-refractivity contribution in [1.29, 1.82) is 0 Å². The quantitative estimate of drug-likeness (QED) is 0.219. The first-order chi connectivity index (χ1) is 23.0. The maximum atomic E-state index is 13.8. The minimum absolute atomic E-state index is 0.00603. The van der Waals surface area contributed by atoms with Gasteiger partial charge in [0.2, 0.25) is 5.95 Å². The summed E-state index contributed by atoms with van der Waals surface area (Å²) in [7, 11) is 1.74. The number of aromatic nitrogens is 4. The molecule has 1 unspecified atom stereocenters. The van der Waals surface area contributed by atoms with E-state index in [0.29, 0.717) is 56.2 Å². The summed E-state index contributed by atoms with van der Waals surface area (Å²) in [4.78, 5) is 36.8. The number of benzene rings is 1. The number of halogens is 6. The number of aliphatic carboxylic acids is 1. The van der Waals surface area contributed by atoms with Crippen molar-refractivity contribution >= 4 is 18.0 Å². The van der Waals surface area contributed by atoms with Gasteiger partial charge >= 0.3 is 24.4 Å². The van der Waals surface area contributed by atoms with E-state index in [1.165, 1.54) is 12.4 Å². The molecule has 1 aliphatic heterocycles. The molecule has 0 spiro atoms. The third kappa shape index (κ3) is 8.44. The molecule has 1 saturated heterocycles. The molecule has 2 aromatic heterocycles. The first-order valence-corrected chi connectivity index (χ1v) is 16.1. The first-order valence-electron chi connectivity index (χ1n) is 16.1. The minimum atomic E-state index is -5.01. The zero-order chi connectivity index (χ0) is 35.7. The topological polar surface area (TPSA) is 114 Å². The van der Waals surface area contributed by atoms with Gasteiger partial charge in [-0.05, 0) is 68.2 Å². The van der Waals surface area contributed by atoms with Crippen molar-refractivity contribution < 1.29 is 45.8 Å². The van der Waals surface area contributed by atoms with Gasteiger partial charge in [0, 0.05) is 67.9 Å². The molecule has 0 radical (unpaired) electrons. The molecule has 266 valence electrons. The maximum Gasteiger partial charge on any atom is 0.416 e. The second kappa shape index (κ2) is 14.2. The van der Waals surface area contributed by atoms with Crippen LogP contribution in [0.3, 0.4) is 0 Å². The van der Waals surface area contributed by atoms with Crippen LogP contribution in [0, 0.1) is 5.92 Å². The van der Waals surface area contributed by atoms with E-state index in [1.807, 2.05) is 13.8 Å². The van der Waals surface area contributed by atoms with Crippen LogP contribution in [0.15, 0.2) is 43.0 Å². The van der Waals surface area contributed by atoms with Gasteiger partial charge in [-0.15, -0.1) is 0 Å². The van der Waals surface area contributed by atoms with Crippen LogP contribution in [0.1, 0.15) is 75.5 Å². The van der Waals surface area contributed by atoms with Crippen molar-refractivity contribution in [2.75, 3.05) is 4.90 Å². The van der Waals surface area contributed by atoms with Gasteiger partial charge in [0.25, 0.3) is 0 Å². The predicted molar refractivity (Wildman–Crippen MR) is 165 cm³/mol. The molecule has 10 nitrogen and oxygen atoms in total. The zero-order valence-electron chi connectivity index (χ0n) is 27.2. The Morgan fingerprint density at radius 1 is 0.898 bits per heavy atom. The van der Waals surface area contributed by atoms with E-state index >= 15 is 0 Å². The fourth-order valence-corrected chi connectivity index (χ4v) is 6.78. The third-order valence-electron chi connectivity index (χ3n) is 9.33. The van der Waals surface area contributed by atoms with E-state index in [2.05, 4.69) is 15.1 Å². The van der Waals surface area contributed by atoms with Crippen molar-refractivity contribution in [2.24, 2.45) is 13.0 Å². The van der Waals surface area contributed by atoms with Gasteiger partial charge < -0.3 is 19.6 Å². The summed E-state index contributed by atoms with van der Waals surface area (Å²) in [5.41, 5.74) is -1.71. The largest absolute Gasteiger partial charge is 0.481 e. The van der Waals surface area contributed by atoms with Gasteiger partial charge in [-0.3, -0.25) is 9.48 Å². The second-order valence-corrected chi connectivity index (χ2v) is 12.8. The number of alkyl halides is 6. The summed E-state index contributed by atoms with van der Waals surface area (Å²) >= 11 is 0. The molecule has 1 N–H and O–H groups in total. The Labute approximate surface area is 279 Å². The van der Waals surface area contributed by atoms with Crippen molar-refractivity contribution in [1.82, 2.24) is 24.6 Å². The number of likely N-dealkylation sites (tertiary alicyclic amines) is 1. The number of carboxylic acids is 1. The number of hydrogen-bond donors (Lipinski definition) is 1. The summed E-state index contributed by atoms with van der Waals surface area (Å²) in [5, 5.41) is 13.2. The fraction of sp³-hybridized carbons (Fsp3) is 0.545. The summed E-state index contributed by atoms with van der Waals surface area (Å²) in [6, 6.07) is 0.331. The molecule has 1 saturated carbocycles. The van der Waals surface area contributed by atoms with Crippen LogP contribution >= 0.6 is 0 Å². The Balaban J connectivity index is 1.45. The Morgan fingerprint density at radius 2 is 1.47 bits per heavy atom. The molecular weight excluding hydrogens is 658 g/mol. The van der Waals surface area contributed by atoms with Gasteiger partial charge in [-0.1, -0.05) is 13.8 Å². The highest BCUT2D eigenvalue weighted by molar-refractivity contribution is 5.70. The zero-order valence-corrected chi connectivity index (χ0v) is 27.2. The number of rotatable bonds is 10. The van der Waals surface area contributed by atoms with Gasteiger partial charge in [-0.25, -0.2) is 14.8 Å². The van der Waals surface area contributed by atoms with Crippen molar-refractivity contribution in [3.8, 4) is 11.1 Å². The highest BCUT2D eigenvalue weighted by atomic mass is 19.4. The number of ether oxygens (including phenoxy) is 1. The average Bonchev–Trinajstić information content (AvgIpc) is 3.46. The molecule has 49 heavy (non-hydrogen) atoms. The Hall–Kier alpha value is -4.37. The Kier molecular flexibility index (Phi) is 10.4. The lowest BCUT2D eigenvalue weighted by Gasteiger charge is -2.48. The van der Waals surface area contributed by atoms with Gasteiger partial charge in [0.1, 0.15) is 6.10 Å². The number of piperidine rings is 1. The molecule has 0 bridgehead atoms. The smallest absolute Gasteiger partial charge is 0.416 e. The number of anilines is 1. The van der Waals surface area contributed by atoms with E-state index in [0.717, 1.165) is 5.56 Å². The molecule has 3 heterocycles. The van der Waals surface area contributed by atoms with Crippen LogP contribution in [-0.4, -0.2) is 66.0 Å². The molecule has 1 aliphatic carbocycles. The van der Waals surface area contributed by atoms with Crippen LogP contribution in [0.4, 0.5) is 37.1 Å². The van der Waals surface area contributed by atoms with Gasteiger partial charge in [0.15, 0.2) is 0 Å². The molecule has 3 aromatic rings. The number of nitrogens with zero attached hydrogens (tertiary/aromatic N) is 6. The predicted octanol–water partition coefficient (Wildman–Crippen LogP) is 7.33. The number of carbonyl (C=O) groups is 2. The van der Waals surface area contributed by atoms with Crippen LogP contribution in [0.5, 0.6) is 0 Å². The normalized spacial score (nSPS) is 22.8. The van der Waals surface area contributed by atoms with Crippen molar-refractivity contribution in [2.45, 2.75) is 102 Å². The number of carbonyl (C=O) groups excluding carboxylic acids is 1. The van der Waals surface area contributed by atoms with E-state index < -0.39 is 47.7 Å². The molecule has 1 amide bonds. The lowest BCUT2D eigenvalue weighted by atomic mass is 9.80. The number of carboxylic acid groups (broad SMARTS) is 1. The summed E-state index contributed by atoms with van der Waals surface area (Å²) in [5.74, 6) is -0.853. The Morgan fingerprint density at radius 3 is 1.94 bits per heavy atom. The molecule has 2 fully saturated rings.